The van der Waals surface area contributed by atoms with Crippen LogP contribution in [0.2, 0.25) is 0 Å². The molecule has 1 aromatic heterocycles. The van der Waals surface area contributed by atoms with E-state index in [0.717, 1.165) is 5.69 Å². The van der Waals surface area contributed by atoms with Gasteiger partial charge in [0.2, 0.25) is 0 Å². The molecule has 3 rings (SSSR count). The van der Waals surface area contributed by atoms with Crippen LogP contribution in [0.15, 0.2) is 30.3 Å². The molecule has 23 heavy (non-hydrogen) atoms. The first kappa shape index (κ1) is 15.2. The molecule has 0 bridgehead atoms. The summed E-state index contributed by atoms with van der Waals surface area (Å²) in [5.41, 5.74) is 1.85. The maximum Gasteiger partial charge on any atom is 0.306 e. The number of benzene rings is 1. The monoisotopic (exact) mass is 314 g/mol. The summed E-state index contributed by atoms with van der Waals surface area (Å²) in [4.78, 5) is 25.2. The molecular formula is C16H18N4O3. The number of piperidine rings is 1. The maximum absolute atomic E-state index is 12.6. The van der Waals surface area contributed by atoms with Crippen LogP contribution < -0.4 is 0 Å². The molecule has 0 saturated carbocycles. The Kier molecular flexibility index (Phi) is 4.10. The number of aromatic nitrogens is 3. The number of aliphatic carboxylic acids is 1. The van der Waals surface area contributed by atoms with Crippen molar-refractivity contribution in [3.63, 3.8) is 0 Å². The number of carbonyl (C=O) groups excluding carboxylic acids is 1. The highest BCUT2D eigenvalue weighted by Crippen LogP contribution is 2.20. The molecule has 0 radical (unpaired) electrons. The average molecular weight is 314 g/mol. The van der Waals surface area contributed by atoms with Gasteiger partial charge in [0.25, 0.3) is 5.91 Å². The van der Waals surface area contributed by atoms with Gasteiger partial charge in [-0.15, -0.1) is 5.10 Å². The lowest BCUT2D eigenvalue weighted by Gasteiger charge is -2.29. The number of para-hydroxylation sites is 1. The fraction of sp³-hybridized carbons (Fsp3) is 0.375. The summed E-state index contributed by atoms with van der Waals surface area (Å²) in [5.74, 6) is -1.34. The minimum atomic E-state index is -0.789. The van der Waals surface area contributed by atoms with Crippen molar-refractivity contribution < 1.29 is 14.7 Å². The first-order valence-electron chi connectivity index (χ1n) is 7.57. The zero-order valence-corrected chi connectivity index (χ0v) is 12.8. The Labute approximate surface area is 133 Å². The number of carboxylic acid groups (broad SMARTS) is 1. The van der Waals surface area contributed by atoms with E-state index in [2.05, 4.69) is 10.3 Å². The van der Waals surface area contributed by atoms with Crippen LogP contribution in [-0.4, -0.2) is 50.0 Å². The second-order valence-corrected chi connectivity index (χ2v) is 5.68. The Hall–Kier alpha value is -2.70. The fourth-order valence-corrected chi connectivity index (χ4v) is 2.82. The molecule has 1 fully saturated rings. The maximum atomic E-state index is 12.6. The van der Waals surface area contributed by atoms with Crippen molar-refractivity contribution in [3.8, 4) is 5.69 Å². The molecule has 0 atom stereocenters. The summed E-state index contributed by atoms with van der Waals surface area (Å²) >= 11 is 0. The first-order chi connectivity index (χ1) is 11.1. The second kappa shape index (κ2) is 6.20. The van der Waals surface area contributed by atoms with Gasteiger partial charge in [0, 0.05) is 13.1 Å². The predicted octanol–water partition coefficient (Wildman–Crippen LogP) is 1.51. The molecule has 7 heteroatoms. The number of hydrogen-bond acceptors (Lipinski definition) is 4. The van der Waals surface area contributed by atoms with Crippen LogP contribution in [0, 0.1) is 12.8 Å². The number of amides is 1. The molecule has 1 aliphatic rings. The summed E-state index contributed by atoms with van der Waals surface area (Å²) in [6.07, 6.45) is 0.958. The second-order valence-electron chi connectivity index (χ2n) is 5.68. The van der Waals surface area contributed by atoms with E-state index >= 15 is 0 Å². The molecule has 0 spiro atoms. The number of likely N-dealkylation sites (tertiary alicyclic amines) is 1. The third-order valence-corrected chi connectivity index (χ3v) is 4.23. The molecule has 2 heterocycles. The van der Waals surface area contributed by atoms with Crippen LogP contribution in [0.5, 0.6) is 0 Å². The third kappa shape index (κ3) is 2.94. The average Bonchev–Trinajstić information content (AvgIpc) is 2.96. The minimum absolute atomic E-state index is 0.187. The van der Waals surface area contributed by atoms with Crippen molar-refractivity contribution in [2.45, 2.75) is 19.8 Å². The molecule has 2 aromatic rings. The molecule has 0 unspecified atom stereocenters. The zero-order valence-electron chi connectivity index (χ0n) is 12.8. The molecule has 0 aliphatic carbocycles. The van der Waals surface area contributed by atoms with E-state index in [1.165, 1.54) is 0 Å². The topological polar surface area (TPSA) is 88.3 Å². The Morgan fingerprint density at radius 1 is 1.17 bits per heavy atom. The Morgan fingerprint density at radius 3 is 2.43 bits per heavy atom. The van der Waals surface area contributed by atoms with Gasteiger partial charge < -0.3 is 10.0 Å². The lowest BCUT2D eigenvalue weighted by molar-refractivity contribution is -0.143. The van der Waals surface area contributed by atoms with E-state index in [4.69, 9.17) is 5.11 Å². The quantitative estimate of drug-likeness (QED) is 0.928. The zero-order chi connectivity index (χ0) is 16.4. The Balaban J connectivity index is 1.77. The van der Waals surface area contributed by atoms with Crippen LogP contribution >= 0.6 is 0 Å². The molecule has 1 aromatic carbocycles. The Morgan fingerprint density at radius 2 is 1.83 bits per heavy atom. The van der Waals surface area contributed by atoms with E-state index in [-0.39, 0.29) is 11.8 Å². The van der Waals surface area contributed by atoms with Gasteiger partial charge in [0.15, 0.2) is 5.69 Å². The van der Waals surface area contributed by atoms with E-state index < -0.39 is 5.97 Å². The van der Waals surface area contributed by atoms with Crippen molar-refractivity contribution in [2.24, 2.45) is 5.92 Å². The highest BCUT2D eigenvalue weighted by Gasteiger charge is 2.29. The largest absolute Gasteiger partial charge is 0.481 e. The van der Waals surface area contributed by atoms with E-state index in [1.807, 2.05) is 37.3 Å². The van der Waals surface area contributed by atoms with Gasteiger partial charge in [0.1, 0.15) is 0 Å². The lowest BCUT2D eigenvalue weighted by Crippen LogP contribution is -2.40. The number of carbonyl (C=O) groups is 2. The first-order valence-corrected chi connectivity index (χ1v) is 7.57. The van der Waals surface area contributed by atoms with Gasteiger partial charge in [-0.3, -0.25) is 9.59 Å². The highest BCUT2D eigenvalue weighted by molar-refractivity contribution is 5.93. The van der Waals surface area contributed by atoms with Gasteiger partial charge in [-0.2, -0.15) is 0 Å². The smallest absolute Gasteiger partial charge is 0.306 e. The molecule has 1 N–H and O–H groups in total. The van der Waals surface area contributed by atoms with Crippen molar-refractivity contribution in [1.29, 1.82) is 0 Å². The van der Waals surface area contributed by atoms with E-state index in [0.29, 0.717) is 37.3 Å². The standard InChI is InChI=1S/C16H18N4O3/c1-11-14(17-18-20(11)13-5-3-2-4-6-13)15(21)19-9-7-12(8-10-19)16(22)23/h2-6,12H,7-10H2,1H3,(H,22,23). The van der Waals surface area contributed by atoms with E-state index in [1.54, 1.807) is 9.58 Å². The van der Waals surface area contributed by atoms with Gasteiger partial charge in [-0.05, 0) is 31.9 Å². The summed E-state index contributed by atoms with van der Waals surface area (Å²) in [7, 11) is 0. The van der Waals surface area contributed by atoms with Crippen molar-refractivity contribution >= 4 is 11.9 Å². The van der Waals surface area contributed by atoms with Crippen molar-refractivity contribution in [1.82, 2.24) is 19.9 Å². The lowest BCUT2D eigenvalue weighted by atomic mass is 9.97. The molecule has 1 amide bonds. The molecule has 7 nitrogen and oxygen atoms in total. The number of nitrogens with zero attached hydrogens (tertiary/aromatic N) is 4. The summed E-state index contributed by atoms with van der Waals surface area (Å²) in [6, 6.07) is 9.50. The summed E-state index contributed by atoms with van der Waals surface area (Å²) in [5, 5.41) is 17.1. The Bertz CT molecular complexity index is 718. The van der Waals surface area contributed by atoms with Gasteiger partial charge >= 0.3 is 5.97 Å². The van der Waals surface area contributed by atoms with Gasteiger partial charge in [-0.1, -0.05) is 23.4 Å². The van der Waals surface area contributed by atoms with Gasteiger partial charge in [0.05, 0.1) is 17.3 Å². The molecule has 120 valence electrons. The highest BCUT2D eigenvalue weighted by atomic mass is 16.4. The number of carboxylic acids is 1. The van der Waals surface area contributed by atoms with Gasteiger partial charge in [-0.25, -0.2) is 4.68 Å². The van der Waals surface area contributed by atoms with Crippen LogP contribution in [-0.2, 0) is 4.79 Å². The van der Waals surface area contributed by atoms with Crippen LogP contribution in [0.25, 0.3) is 5.69 Å². The third-order valence-electron chi connectivity index (χ3n) is 4.23. The van der Waals surface area contributed by atoms with Crippen molar-refractivity contribution in [3.05, 3.63) is 41.7 Å². The summed E-state index contributed by atoms with van der Waals surface area (Å²) in [6.45, 7) is 2.69. The predicted molar refractivity (Wildman–Crippen MR) is 82.4 cm³/mol. The van der Waals surface area contributed by atoms with Crippen LogP contribution in [0.1, 0.15) is 29.0 Å². The molecular weight excluding hydrogens is 296 g/mol. The normalized spacial score (nSPS) is 15.6. The van der Waals surface area contributed by atoms with E-state index in [9.17, 15) is 9.59 Å². The van der Waals surface area contributed by atoms with Crippen molar-refractivity contribution in [2.75, 3.05) is 13.1 Å². The minimum Gasteiger partial charge on any atom is -0.481 e. The van der Waals surface area contributed by atoms with Crippen LogP contribution in [0.3, 0.4) is 0 Å². The SMILES string of the molecule is Cc1c(C(=O)N2CCC(C(=O)O)CC2)nnn1-c1ccccc1. The van der Waals surface area contributed by atoms with Crippen LogP contribution in [0.4, 0.5) is 0 Å². The number of hydrogen-bond donors (Lipinski definition) is 1. The molecule has 1 saturated heterocycles. The molecule has 1 aliphatic heterocycles. The fourth-order valence-electron chi connectivity index (χ4n) is 2.82. The summed E-state index contributed by atoms with van der Waals surface area (Å²) < 4.78 is 1.64. The number of rotatable bonds is 3.